The third kappa shape index (κ3) is 5.38. The maximum absolute atomic E-state index is 14.0. The number of nitrogens with one attached hydrogen (secondary N) is 1. The number of carboxylic acid groups (broad SMARTS) is 1. The minimum absolute atomic E-state index is 0.273. The normalized spacial score (nSPS) is 12.1. The monoisotopic (exact) mass is 502 g/mol. The largest absolute Gasteiger partial charge is 0.481 e. The van der Waals surface area contributed by atoms with Crippen LogP contribution >= 0.6 is 0 Å². The van der Waals surface area contributed by atoms with Crippen molar-refractivity contribution in [3.05, 3.63) is 95.5 Å². The van der Waals surface area contributed by atoms with Gasteiger partial charge in [-0.05, 0) is 50.5 Å². The van der Waals surface area contributed by atoms with Gasteiger partial charge in [0.2, 0.25) is 0 Å². The summed E-state index contributed by atoms with van der Waals surface area (Å²) in [7, 11) is 0. The first-order valence-corrected chi connectivity index (χ1v) is 11.7. The Bertz CT molecular complexity index is 1430. The number of benzene rings is 3. The number of nitrogens with zero attached hydrogens (tertiary/aromatic N) is 1. The maximum atomic E-state index is 14.0. The summed E-state index contributed by atoms with van der Waals surface area (Å²) in [4.78, 5) is 24.1. The van der Waals surface area contributed by atoms with Crippen LogP contribution in [0, 0.1) is 12.7 Å². The molecule has 0 bridgehead atoms. The lowest BCUT2D eigenvalue weighted by molar-refractivity contribution is -0.142. The third-order valence-corrected chi connectivity index (χ3v) is 6.35. The van der Waals surface area contributed by atoms with Gasteiger partial charge in [0.15, 0.2) is 5.76 Å². The van der Waals surface area contributed by atoms with E-state index in [1.165, 1.54) is 6.07 Å². The summed E-state index contributed by atoms with van der Waals surface area (Å²) >= 11 is 0. The highest BCUT2D eigenvalue weighted by molar-refractivity contribution is 5.91. The van der Waals surface area contributed by atoms with Crippen molar-refractivity contribution in [2.24, 2.45) is 0 Å². The zero-order chi connectivity index (χ0) is 26.7. The van der Waals surface area contributed by atoms with E-state index in [1.807, 2.05) is 48.5 Å². The van der Waals surface area contributed by atoms with Crippen molar-refractivity contribution >= 4 is 17.7 Å². The van der Waals surface area contributed by atoms with Gasteiger partial charge in [-0.1, -0.05) is 71.9 Å². The number of carbonyl (C=O) groups is 2. The summed E-state index contributed by atoms with van der Waals surface area (Å²) in [6.07, 6.45) is -1.55. The van der Waals surface area contributed by atoms with Crippen LogP contribution in [0.25, 0.3) is 22.4 Å². The first kappa shape index (κ1) is 25.6. The van der Waals surface area contributed by atoms with Crippen LogP contribution < -0.4 is 5.32 Å². The fourth-order valence-electron chi connectivity index (χ4n) is 3.90. The summed E-state index contributed by atoms with van der Waals surface area (Å²) in [5, 5.41) is 16.2. The Hall–Kier alpha value is -4.46. The predicted octanol–water partition coefficient (Wildman–Crippen LogP) is 7.13. The van der Waals surface area contributed by atoms with Gasteiger partial charge in [-0.15, -0.1) is 0 Å². The molecule has 2 N–H and O–H groups in total. The Labute approximate surface area is 213 Å². The first-order valence-electron chi connectivity index (χ1n) is 11.7. The standard InChI is InChI=1S/C29H27FN2O5/c1-17(23-7-5-6-8-24(23)30)36-28(35)31-25-18(2)37-32-26(25)21-11-9-19(10-12-21)20-13-15-22(16-14-20)29(3,4)27(33)34/h5-17H,1-4H3,(H,31,35)(H,33,34). The Morgan fingerprint density at radius 1 is 0.973 bits per heavy atom. The van der Waals surface area contributed by atoms with E-state index in [-0.39, 0.29) is 5.56 Å². The van der Waals surface area contributed by atoms with Crippen LogP contribution in [-0.4, -0.2) is 22.3 Å². The van der Waals surface area contributed by atoms with Crippen molar-refractivity contribution in [1.29, 1.82) is 0 Å². The predicted molar refractivity (Wildman–Crippen MR) is 138 cm³/mol. The van der Waals surface area contributed by atoms with Crippen LogP contribution in [-0.2, 0) is 14.9 Å². The van der Waals surface area contributed by atoms with Crippen LogP contribution in [0.2, 0.25) is 0 Å². The number of carbonyl (C=O) groups excluding carboxylic acids is 1. The van der Waals surface area contributed by atoms with E-state index in [0.717, 1.165) is 11.1 Å². The number of anilines is 1. The smallest absolute Gasteiger partial charge is 0.412 e. The molecule has 190 valence electrons. The lowest BCUT2D eigenvalue weighted by Gasteiger charge is -2.19. The molecule has 37 heavy (non-hydrogen) atoms. The van der Waals surface area contributed by atoms with Crippen molar-refractivity contribution in [2.45, 2.75) is 39.2 Å². The van der Waals surface area contributed by atoms with Crippen molar-refractivity contribution in [1.82, 2.24) is 5.16 Å². The SMILES string of the molecule is Cc1onc(-c2ccc(-c3ccc(C(C)(C)C(=O)O)cc3)cc2)c1NC(=O)OC(C)c1ccccc1F. The summed E-state index contributed by atoms with van der Waals surface area (Å²) in [6, 6.07) is 21.0. The zero-order valence-electron chi connectivity index (χ0n) is 20.9. The summed E-state index contributed by atoms with van der Waals surface area (Å²) in [5.41, 5.74) is 3.36. The van der Waals surface area contributed by atoms with Gasteiger partial charge in [0.1, 0.15) is 23.3 Å². The quantitative estimate of drug-likeness (QED) is 0.279. The molecule has 1 unspecified atom stereocenters. The first-order chi connectivity index (χ1) is 17.6. The Morgan fingerprint density at radius 2 is 1.54 bits per heavy atom. The van der Waals surface area contributed by atoms with E-state index < -0.39 is 29.4 Å². The van der Waals surface area contributed by atoms with Gasteiger partial charge in [-0.3, -0.25) is 10.1 Å². The molecule has 0 spiro atoms. The maximum Gasteiger partial charge on any atom is 0.412 e. The van der Waals surface area contributed by atoms with Gasteiger partial charge < -0.3 is 14.4 Å². The summed E-state index contributed by atoms with van der Waals surface area (Å²) in [6.45, 7) is 6.59. The molecule has 1 atom stereocenters. The third-order valence-electron chi connectivity index (χ3n) is 6.35. The van der Waals surface area contributed by atoms with Crippen molar-refractivity contribution < 1.29 is 28.3 Å². The Balaban J connectivity index is 1.50. The molecular formula is C29H27FN2O5. The number of rotatable bonds is 7. The average Bonchev–Trinajstić information content (AvgIpc) is 3.24. The summed E-state index contributed by atoms with van der Waals surface area (Å²) in [5.74, 6) is -0.946. The van der Waals surface area contributed by atoms with Crippen molar-refractivity contribution in [3.63, 3.8) is 0 Å². The van der Waals surface area contributed by atoms with Crippen LogP contribution in [0.1, 0.15) is 43.8 Å². The lowest BCUT2D eigenvalue weighted by atomic mass is 9.84. The lowest BCUT2D eigenvalue weighted by Crippen LogP contribution is -2.28. The number of aromatic nitrogens is 1. The highest BCUT2D eigenvalue weighted by Crippen LogP contribution is 2.33. The highest BCUT2D eigenvalue weighted by Gasteiger charge is 2.29. The van der Waals surface area contributed by atoms with E-state index in [1.54, 1.807) is 45.9 Å². The highest BCUT2D eigenvalue weighted by atomic mass is 19.1. The van der Waals surface area contributed by atoms with Crippen molar-refractivity contribution in [2.75, 3.05) is 5.32 Å². The van der Waals surface area contributed by atoms with Crippen LogP contribution in [0.4, 0.5) is 14.9 Å². The molecule has 0 aliphatic carbocycles. The summed E-state index contributed by atoms with van der Waals surface area (Å²) < 4.78 is 24.7. The molecule has 0 saturated heterocycles. The van der Waals surface area contributed by atoms with Gasteiger partial charge in [-0.25, -0.2) is 9.18 Å². The number of aryl methyl sites for hydroxylation is 1. The van der Waals surface area contributed by atoms with E-state index in [4.69, 9.17) is 9.26 Å². The molecule has 8 heteroatoms. The molecule has 0 aliphatic rings. The van der Waals surface area contributed by atoms with E-state index in [9.17, 15) is 19.1 Å². The zero-order valence-corrected chi connectivity index (χ0v) is 20.9. The van der Waals surface area contributed by atoms with Crippen LogP contribution in [0.5, 0.6) is 0 Å². The van der Waals surface area contributed by atoms with Gasteiger partial charge >= 0.3 is 12.1 Å². The van der Waals surface area contributed by atoms with Gasteiger partial charge in [-0.2, -0.15) is 0 Å². The number of aliphatic carboxylic acids is 1. The van der Waals surface area contributed by atoms with Crippen LogP contribution in [0.3, 0.4) is 0 Å². The molecule has 1 heterocycles. The number of halogens is 1. The Kier molecular flexibility index (Phi) is 7.11. The number of amides is 1. The second kappa shape index (κ2) is 10.3. The average molecular weight is 503 g/mol. The molecule has 7 nitrogen and oxygen atoms in total. The molecule has 4 aromatic rings. The molecule has 4 rings (SSSR count). The topological polar surface area (TPSA) is 102 Å². The molecule has 0 radical (unpaired) electrons. The van der Waals surface area contributed by atoms with E-state index in [0.29, 0.717) is 28.3 Å². The molecule has 0 aliphatic heterocycles. The molecule has 1 aromatic heterocycles. The van der Waals surface area contributed by atoms with Gasteiger partial charge in [0, 0.05) is 11.1 Å². The van der Waals surface area contributed by atoms with E-state index >= 15 is 0 Å². The number of hydrogen-bond donors (Lipinski definition) is 2. The van der Waals surface area contributed by atoms with Crippen LogP contribution in [0.15, 0.2) is 77.3 Å². The second-order valence-corrected chi connectivity index (χ2v) is 9.24. The fraction of sp³-hybridized carbons (Fsp3) is 0.207. The molecule has 0 saturated carbocycles. The minimum atomic E-state index is -0.981. The molecule has 1 amide bonds. The molecule has 0 fully saturated rings. The fourth-order valence-corrected chi connectivity index (χ4v) is 3.90. The molecular weight excluding hydrogens is 475 g/mol. The minimum Gasteiger partial charge on any atom is -0.481 e. The number of hydrogen-bond acceptors (Lipinski definition) is 5. The second-order valence-electron chi connectivity index (χ2n) is 9.24. The number of carboxylic acids is 1. The van der Waals surface area contributed by atoms with Crippen molar-refractivity contribution in [3.8, 4) is 22.4 Å². The van der Waals surface area contributed by atoms with Gasteiger partial charge in [0.05, 0.1) is 5.41 Å². The van der Waals surface area contributed by atoms with E-state index in [2.05, 4.69) is 10.5 Å². The van der Waals surface area contributed by atoms with Gasteiger partial charge in [0.25, 0.3) is 0 Å². The molecule has 3 aromatic carbocycles. The number of ether oxygens (including phenoxy) is 1. The Morgan fingerprint density at radius 3 is 2.14 bits per heavy atom.